The molecule has 0 fully saturated rings. The summed E-state index contributed by atoms with van der Waals surface area (Å²) >= 11 is 0. The number of hydrogen-bond donors (Lipinski definition) is 0. The van der Waals surface area contributed by atoms with Crippen molar-refractivity contribution in [3.05, 3.63) is 134 Å². The highest BCUT2D eigenvalue weighted by Gasteiger charge is 2.18. The lowest BCUT2D eigenvalue weighted by atomic mass is 10.00. The molecule has 1 aliphatic rings. The van der Waals surface area contributed by atoms with Crippen LogP contribution in [0.5, 0.6) is 0 Å². The summed E-state index contributed by atoms with van der Waals surface area (Å²) in [6, 6.07) is 35.0. The zero-order chi connectivity index (χ0) is 29.8. The van der Waals surface area contributed by atoms with E-state index in [2.05, 4.69) is 120 Å². The summed E-state index contributed by atoms with van der Waals surface area (Å²) in [5, 5.41) is 2.57. The van der Waals surface area contributed by atoms with E-state index in [1.165, 1.54) is 55.6 Å². The number of allylic oxidation sites excluding steroid dienone is 3. The lowest BCUT2D eigenvalue weighted by Crippen LogP contribution is -2.27. The van der Waals surface area contributed by atoms with Crippen LogP contribution in [0, 0.1) is 0 Å². The van der Waals surface area contributed by atoms with Gasteiger partial charge in [0, 0.05) is 34.4 Å². The first-order chi connectivity index (χ1) is 20.3. The molecule has 0 saturated heterocycles. The maximum Gasteiger partial charge on any atom is 0.0541 e. The van der Waals surface area contributed by atoms with Crippen molar-refractivity contribution in [3.63, 3.8) is 0 Å². The van der Waals surface area contributed by atoms with Crippen LogP contribution in [0.15, 0.2) is 134 Å². The third-order valence-corrected chi connectivity index (χ3v) is 7.11. The molecule has 0 radical (unpaired) electrons. The summed E-state index contributed by atoms with van der Waals surface area (Å²) in [6.07, 6.45) is 6.12. The lowest BCUT2D eigenvalue weighted by Gasteiger charge is -2.32. The first-order valence-corrected chi connectivity index (χ1v) is 15.2. The Morgan fingerprint density at radius 3 is 1.49 bits per heavy atom. The molecule has 0 amide bonds. The van der Waals surface area contributed by atoms with Crippen LogP contribution in [0.1, 0.15) is 54.4 Å². The number of fused-ring (bicyclic) bond motifs is 3. The maximum atomic E-state index is 4.04. The number of aromatic nitrogens is 1. The van der Waals surface area contributed by atoms with Gasteiger partial charge in [0.15, 0.2) is 0 Å². The van der Waals surface area contributed by atoms with Gasteiger partial charge in [-0.25, -0.2) is 0 Å². The molecule has 0 bridgehead atoms. The predicted octanol–water partition coefficient (Wildman–Crippen LogP) is 11.8. The first-order valence-electron chi connectivity index (χ1n) is 15.2. The standard InChI is InChI=1S/C33H28N2.3C2H6/c1-3-24-10-9-23-34(31(24)4-2)27-19-15-25(16-20-27)26-17-21-28(22-18-26)35-32-13-7-5-11-29(32)30-12-6-8-14-33(30)35;3*1-2/h3-8,11-22H,1-2,9-10,23H2;3*1-2H3. The molecule has 41 heavy (non-hydrogen) atoms. The van der Waals surface area contributed by atoms with Gasteiger partial charge in [0.05, 0.1) is 11.0 Å². The number of benzene rings is 4. The number of rotatable bonds is 5. The zero-order valence-corrected chi connectivity index (χ0v) is 25.8. The van der Waals surface area contributed by atoms with Crippen LogP contribution in [-0.2, 0) is 0 Å². The Morgan fingerprint density at radius 1 is 0.561 bits per heavy atom. The molecule has 212 valence electrons. The Bertz CT molecular complexity index is 1530. The van der Waals surface area contributed by atoms with Gasteiger partial charge in [0.1, 0.15) is 0 Å². The van der Waals surface area contributed by atoms with Crippen LogP contribution in [0.3, 0.4) is 0 Å². The van der Waals surface area contributed by atoms with Gasteiger partial charge < -0.3 is 9.47 Å². The van der Waals surface area contributed by atoms with Crippen LogP contribution in [-0.4, -0.2) is 11.1 Å². The Kier molecular flexibility index (Phi) is 11.8. The van der Waals surface area contributed by atoms with E-state index in [0.717, 1.165) is 19.4 Å². The van der Waals surface area contributed by atoms with Crippen molar-refractivity contribution in [2.45, 2.75) is 54.4 Å². The number of nitrogens with zero attached hydrogens (tertiary/aromatic N) is 2. The van der Waals surface area contributed by atoms with Gasteiger partial charge in [0.2, 0.25) is 0 Å². The van der Waals surface area contributed by atoms with Gasteiger partial charge in [0.25, 0.3) is 0 Å². The van der Waals surface area contributed by atoms with Crippen molar-refractivity contribution >= 4 is 27.5 Å². The summed E-state index contributed by atoms with van der Waals surface area (Å²) < 4.78 is 2.36. The Hall–Kier alpha value is -4.30. The maximum absolute atomic E-state index is 4.04. The molecular weight excluding hydrogens is 496 g/mol. The minimum absolute atomic E-state index is 1.01. The van der Waals surface area contributed by atoms with Gasteiger partial charge >= 0.3 is 0 Å². The summed E-state index contributed by atoms with van der Waals surface area (Å²) in [5.41, 5.74) is 9.72. The molecule has 0 unspecified atom stereocenters. The summed E-state index contributed by atoms with van der Waals surface area (Å²) in [4.78, 5) is 2.35. The fourth-order valence-corrected chi connectivity index (χ4v) is 5.40. The van der Waals surface area contributed by atoms with E-state index in [0.29, 0.717) is 0 Å². The number of hydrogen-bond acceptors (Lipinski definition) is 1. The van der Waals surface area contributed by atoms with Crippen LogP contribution >= 0.6 is 0 Å². The first kappa shape index (κ1) is 31.2. The molecule has 5 aromatic rings. The highest BCUT2D eigenvalue weighted by atomic mass is 15.1. The molecule has 6 rings (SSSR count). The summed E-state index contributed by atoms with van der Waals surface area (Å²) in [7, 11) is 0. The molecule has 2 heterocycles. The highest BCUT2D eigenvalue weighted by Crippen LogP contribution is 2.34. The van der Waals surface area contributed by atoms with Crippen LogP contribution in [0.25, 0.3) is 38.6 Å². The molecule has 0 saturated carbocycles. The molecular formula is C39H46N2. The SMILES string of the molecule is C=CC1=C(C=C)N(c2ccc(-c3ccc(-n4c5ccccc5c5ccccc54)cc3)cc2)CCC1.CC.CC.CC. The zero-order valence-electron chi connectivity index (χ0n) is 25.8. The smallest absolute Gasteiger partial charge is 0.0541 e. The van der Waals surface area contributed by atoms with E-state index in [1.807, 2.05) is 53.7 Å². The Morgan fingerprint density at radius 2 is 1.02 bits per heavy atom. The lowest BCUT2D eigenvalue weighted by molar-refractivity contribution is 0.745. The number of para-hydroxylation sites is 2. The average Bonchev–Trinajstić information content (AvgIpc) is 3.41. The minimum Gasteiger partial charge on any atom is -0.341 e. The van der Waals surface area contributed by atoms with Crippen molar-refractivity contribution in [1.29, 1.82) is 0 Å². The van der Waals surface area contributed by atoms with E-state index in [1.54, 1.807) is 0 Å². The fraction of sp³-hybridized carbons (Fsp3) is 0.231. The molecule has 1 aliphatic heterocycles. The average molecular weight is 543 g/mol. The second kappa shape index (κ2) is 15.5. The quantitative estimate of drug-likeness (QED) is 0.214. The molecule has 0 N–H and O–H groups in total. The minimum atomic E-state index is 1.01. The van der Waals surface area contributed by atoms with Crippen molar-refractivity contribution in [3.8, 4) is 16.8 Å². The van der Waals surface area contributed by atoms with E-state index in [9.17, 15) is 0 Å². The molecule has 4 aromatic carbocycles. The molecule has 1 aromatic heterocycles. The van der Waals surface area contributed by atoms with Gasteiger partial charge in [-0.3, -0.25) is 0 Å². The van der Waals surface area contributed by atoms with Gasteiger partial charge in [-0.05, 0) is 72.0 Å². The van der Waals surface area contributed by atoms with Crippen molar-refractivity contribution in [2.24, 2.45) is 0 Å². The predicted molar refractivity (Wildman–Crippen MR) is 184 cm³/mol. The van der Waals surface area contributed by atoms with E-state index < -0.39 is 0 Å². The Labute approximate surface area is 248 Å². The third-order valence-electron chi connectivity index (χ3n) is 7.11. The van der Waals surface area contributed by atoms with Crippen LogP contribution in [0.2, 0.25) is 0 Å². The van der Waals surface area contributed by atoms with Gasteiger partial charge in [-0.1, -0.05) is 121 Å². The van der Waals surface area contributed by atoms with Crippen molar-refractivity contribution < 1.29 is 0 Å². The van der Waals surface area contributed by atoms with Crippen molar-refractivity contribution in [2.75, 3.05) is 11.4 Å². The second-order valence-corrected chi connectivity index (χ2v) is 9.04. The summed E-state index contributed by atoms with van der Waals surface area (Å²) in [6.45, 7) is 21.0. The third kappa shape index (κ3) is 6.38. The molecule has 0 spiro atoms. The van der Waals surface area contributed by atoms with Crippen LogP contribution in [0.4, 0.5) is 5.69 Å². The van der Waals surface area contributed by atoms with Gasteiger partial charge in [-0.2, -0.15) is 0 Å². The Balaban J connectivity index is 0.000000725. The molecule has 0 atom stereocenters. The molecule has 2 heteroatoms. The van der Waals surface area contributed by atoms with E-state index in [-0.39, 0.29) is 0 Å². The normalized spacial score (nSPS) is 12.4. The van der Waals surface area contributed by atoms with E-state index in [4.69, 9.17) is 0 Å². The topological polar surface area (TPSA) is 8.17 Å². The monoisotopic (exact) mass is 542 g/mol. The van der Waals surface area contributed by atoms with Gasteiger partial charge in [-0.15, -0.1) is 0 Å². The highest BCUT2D eigenvalue weighted by molar-refractivity contribution is 6.09. The second-order valence-electron chi connectivity index (χ2n) is 9.04. The van der Waals surface area contributed by atoms with Crippen molar-refractivity contribution in [1.82, 2.24) is 4.57 Å². The van der Waals surface area contributed by atoms with E-state index >= 15 is 0 Å². The molecule has 0 aliphatic carbocycles. The summed E-state index contributed by atoms with van der Waals surface area (Å²) in [5.74, 6) is 0. The fourth-order valence-electron chi connectivity index (χ4n) is 5.40. The number of anilines is 1. The van der Waals surface area contributed by atoms with Crippen LogP contribution < -0.4 is 4.90 Å². The largest absolute Gasteiger partial charge is 0.341 e. The molecule has 2 nitrogen and oxygen atoms in total.